The molecule has 0 bridgehead atoms. The maximum atomic E-state index is 4.18. The zero-order chi connectivity index (χ0) is 13.7. The second kappa shape index (κ2) is 6.78. The molecule has 2 aromatic rings. The fourth-order valence-corrected chi connectivity index (χ4v) is 2.48. The average Bonchev–Trinajstić information content (AvgIpc) is 2.84. The normalized spacial score (nSPS) is 12.6. The lowest BCUT2D eigenvalue weighted by atomic mass is 10.1. The third kappa shape index (κ3) is 3.85. The predicted octanol–water partition coefficient (Wildman–Crippen LogP) is 3.04. The van der Waals surface area contributed by atoms with Gasteiger partial charge >= 0.3 is 0 Å². The van der Waals surface area contributed by atoms with Crippen molar-refractivity contribution in [3.8, 4) is 0 Å². The van der Waals surface area contributed by atoms with Crippen LogP contribution in [0.15, 0.2) is 41.4 Å². The van der Waals surface area contributed by atoms with Gasteiger partial charge in [0, 0.05) is 42.8 Å². The van der Waals surface area contributed by atoms with Crippen LogP contribution < -0.4 is 5.32 Å². The van der Waals surface area contributed by atoms with Crippen molar-refractivity contribution in [2.24, 2.45) is 7.05 Å². The van der Waals surface area contributed by atoms with Gasteiger partial charge in [-0.1, -0.05) is 12.1 Å². The number of nitrogens with one attached hydrogen (secondary N) is 1. The Morgan fingerprint density at radius 1 is 1.26 bits per heavy atom. The standard InChI is InChI=1S/C15H21N3S/c1-12(13-4-6-15(19-3)7-5-13)16-10-8-14-9-11-17-18(14)2/h4-7,9,11-12,16H,8,10H2,1-3H3. The van der Waals surface area contributed by atoms with Gasteiger partial charge in [-0.2, -0.15) is 5.10 Å². The van der Waals surface area contributed by atoms with Crippen molar-refractivity contribution in [1.82, 2.24) is 15.1 Å². The molecule has 0 saturated carbocycles. The quantitative estimate of drug-likeness (QED) is 0.822. The topological polar surface area (TPSA) is 29.9 Å². The van der Waals surface area contributed by atoms with E-state index in [1.807, 2.05) is 17.9 Å². The highest BCUT2D eigenvalue weighted by Gasteiger charge is 2.05. The second-order valence-corrected chi connectivity index (χ2v) is 5.52. The lowest BCUT2D eigenvalue weighted by Gasteiger charge is -2.14. The Morgan fingerprint density at radius 3 is 2.58 bits per heavy atom. The Balaban J connectivity index is 1.83. The molecule has 1 unspecified atom stereocenters. The summed E-state index contributed by atoms with van der Waals surface area (Å²) in [4.78, 5) is 1.31. The number of aryl methyl sites for hydroxylation is 1. The molecular formula is C15H21N3S. The van der Waals surface area contributed by atoms with Gasteiger partial charge in [-0.25, -0.2) is 0 Å². The van der Waals surface area contributed by atoms with E-state index in [1.54, 1.807) is 11.8 Å². The van der Waals surface area contributed by atoms with Crippen LogP contribution in [0.1, 0.15) is 24.2 Å². The number of hydrogen-bond donors (Lipinski definition) is 1. The smallest absolute Gasteiger partial charge is 0.0492 e. The number of nitrogens with zero attached hydrogens (tertiary/aromatic N) is 2. The predicted molar refractivity (Wildman–Crippen MR) is 81.6 cm³/mol. The van der Waals surface area contributed by atoms with Crippen molar-refractivity contribution in [2.75, 3.05) is 12.8 Å². The van der Waals surface area contributed by atoms with Gasteiger partial charge in [0.1, 0.15) is 0 Å². The van der Waals surface area contributed by atoms with Gasteiger partial charge in [0.2, 0.25) is 0 Å². The van der Waals surface area contributed by atoms with Crippen molar-refractivity contribution < 1.29 is 0 Å². The van der Waals surface area contributed by atoms with E-state index in [0.717, 1.165) is 13.0 Å². The molecule has 0 spiro atoms. The first-order valence-corrected chi connectivity index (χ1v) is 7.77. The third-order valence-corrected chi connectivity index (χ3v) is 4.11. The summed E-state index contributed by atoms with van der Waals surface area (Å²) in [5.74, 6) is 0. The Labute approximate surface area is 119 Å². The summed E-state index contributed by atoms with van der Waals surface area (Å²) in [6.07, 6.45) is 4.95. The maximum Gasteiger partial charge on any atom is 0.0492 e. The molecule has 0 fully saturated rings. The van der Waals surface area contributed by atoms with Crippen molar-refractivity contribution in [3.63, 3.8) is 0 Å². The Morgan fingerprint density at radius 2 is 2.00 bits per heavy atom. The van der Waals surface area contributed by atoms with E-state index in [4.69, 9.17) is 0 Å². The number of benzene rings is 1. The summed E-state index contributed by atoms with van der Waals surface area (Å²) in [6, 6.07) is 11.2. The van der Waals surface area contributed by atoms with E-state index in [9.17, 15) is 0 Å². The van der Waals surface area contributed by atoms with E-state index in [-0.39, 0.29) is 0 Å². The molecular weight excluding hydrogens is 254 g/mol. The van der Waals surface area contributed by atoms with Gasteiger partial charge in [0.25, 0.3) is 0 Å². The van der Waals surface area contributed by atoms with Gasteiger partial charge in [0.15, 0.2) is 0 Å². The van der Waals surface area contributed by atoms with E-state index in [1.165, 1.54) is 16.2 Å². The number of hydrogen-bond acceptors (Lipinski definition) is 3. The van der Waals surface area contributed by atoms with Crippen LogP contribution in [0.5, 0.6) is 0 Å². The highest BCUT2D eigenvalue weighted by Crippen LogP contribution is 2.18. The van der Waals surface area contributed by atoms with Crippen molar-refractivity contribution in [1.29, 1.82) is 0 Å². The molecule has 19 heavy (non-hydrogen) atoms. The van der Waals surface area contributed by atoms with E-state index < -0.39 is 0 Å². The summed E-state index contributed by atoms with van der Waals surface area (Å²) in [6.45, 7) is 3.17. The summed E-state index contributed by atoms with van der Waals surface area (Å²) in [5.41, 5.74) is 2.60. The van der Waals surface area contributed by atoms with Gasteiger partial charge in [-0.15, -0.1) is 11.8 Å². The van der Waals surface area contributed by atoms with Crippen LogP contribution in [0.4, 0.5) is 0 Å². The van der Waals surface area contributed by atoms with Gasteiger partial charge in [-0.05, 0) is 36.9 Å². The summed E-state index contributed by atoms with van der Waals surface area (Å²) < 4.78 is 1.93. The zero-order valence-electron chi connectivity index (χ0n) is 11.8. The molecule has 0 aliphatic rings. The largest absolute Gasteiger partial charge is 0.310 e. The van der Waals surface area contributed by atoms with Crippen LogP contribution in [0.3, 0.4) is 0 Å². The number of rotatable bonds is 6. The Bertz CT molecular complexity index is 504. The Hall–Kier alpha value is -1.26. The van der Waals surface area contributed by atoms with E-state index in [0.29, 0.717) is 6.04 Å². The molecule has 1 aromatic carbocycles. The third-order valence-electron chi connectivity index (χ3n) is 3.37. The fourth-order valence-electron chi connectivity index (χ4n) is 2.07. The van der Waals surface area contributed by atoms with Gasteiger partial charge in [-0.3, -0.25) is 4.68 Å². The van der Waals surface area contributed by atoms with Crippen LogP contribution >= 0.6 is 11.8 Å². The molecule has 3 nitrogen and oxygen atoms in total. The summed E-state index contributed by atoms with van der Waals surface area (Å²) in [5, 5.41) is 7.73. The highest BCUT2D eigenvalue weighted by molar-refractivity contribution is 7.98. The Kier molecular flexibility index (Phi) is 5.05. The first kappa shape index (κ1) is 14.2. The molecule has 1 N–H and O–H groups in total. The molecule has 1 heterocycles. The lowest BCUT2D eigenvalue weighted by molar-refractivity contribution is 0.564. The fraction of sp³-hybridized carbons (Fsp3) is 0.400. The molecule has 4 heteroatoms. The average molecular weight is 275 g/mol. The molecule has 1 atom stereocenters. The number of thioether (sulfide) groups is 1. The van der Waals surface area contributed by atoms with Crippen molar-refractivity contribution in [3.05, 3.63) is 47.8 Å². The SMILES string of the molecule is CSc1ccc(C(C)NCCc2ccnn2C)cc1. The lowest BCUT2D eigenvalue weighted by Crippen LogP contribution is -2.22. The molecule has 0 saturated heterocycles. The maximum absolute atomic E-state index is 4.18. The minimum atomic E-state index is 0.379. The van der Waals surface area contributed by atoms with Crippen LogP contribution in [0, 0.1) is 0 Å². The van der Waals surface area contributed by atoms with Crippen LogP contribution in [-0.2, 0) is 13.5 Å². The minimum absolute atomic E-state index is 0.379. The molecule has 0 amide bonds. The van der Waals surface area contributed by atoms with Crippen molar-refractivity contribution in [2.45, 2.75) is 24.3 Å². The molecule has 2 rings (SSSR count). The first-order valence-electron chi connectivity index (χ1n) is 6.55. The summed E-state index contributed by atoms with van der Waals surface area (Å²) >= 11 is 1.78. The second-order valence-electron chi connectivity index (χ2n) is 4.65. The van der Waals surface area contributed by atoms with Crippen LogP contribution in [0.2, 0.25) is 0 Å². The zero-order valence-corrected chi connectivity index (χ0v) is 12.6. The highest BCUT2D eigenvalue weighted by atomic mass is 32.2. The van der Waals surface area contributed by atoms with Crippen LogP contribution in [-0.4, -0.2) is 22.6 Å². The van der Waals surface area contributed by atoms with E-state index >= 15 is 0 Å². The first-order chi connectivity index (χ1) is 9.20. The summed E-state index contributed by atoms with van der Waals surface area (Å²) in [7, 11) is 1.99. The molecule has 102 valence electrons. The van der Waals surface area contributed by atoms with Crippen molar-refractivity contribution >= 4 is 11.8 Å². The minimum Gasteiger partial charge on any atom is -0.310 e. The van der Waals surface area contributed by atoms with Crippen LogP contribution in [0.25, 0.3) is 0 Å². The molecule has 0 aliphatic heterocycles. The monoisotopic (exact) mass is 275 g/mol. The molecule has 1 aromatic heterocycles. The van der Waals surface area contributed by atoms with Gasteiger partial charge < -0.3 is 5.32 Å². The van der Waals surface area contributed by atoms with E-state index in [2.05, 4.69) is 53.9 Å². The number of aromatic nitrogens is 2. The van der Waals surface area contributed by atoms with Gasteiger partial charge in [0.05, 0.1) is 0 Å². The molecule has 0 aliphatic carbocycles. The molecule has 0 radical (unpaired) electrons.